The van der Waals surface area contributed by atoms with Crippen molar-refractivity contribution in [2.24, 2.45) is 0 Å². The molecule has 0 aromatic heterocycles. The number of rotatable bonds is 4. The molecule has 1 atom stereocenters. The fraction of sp³-hybridized carbons (Fsp3) is 0.0625. The molecule has 0 bridgehead atoms. The Labute approximate surface area is 323 Å². The molecule has 7 aromatic carbocycles. The van der Waals surface area contributed by atoms with Crippen molar-refractivity contribution in [2.75, 3.05) is 0 Å². The first kappa shape index (κ1) is 37.9. The van der Waals surface area contributed by atoms with Gasteiger partial charge < -0.3 is 24.8 Å². The zero-order valence-electron chi connectivity index (χ0n) is 28.7. The predicted octanol–water partition coefficient (Wildman–Crippen LogP) is 6.91. The molecule has 2 aliphatic rings. The normalized spacial score (nSPS) is 13.2. The van der Waals surface area contributed by atoms with E-state index in [1.807, 2.05) is 24.3 Å². The van der Waals surface area contributed by atoms with Crippen LogP contribution in [0.1, 0.15) is 28.1 Å². The van der Waals surface area contributed by atoms with E-state index in [0.717, 1.165) is 6.42 Å². The second kappa shape index (κ2) is 18.7. The van der Waals surface area contributed by atoms with Crippen molar-refractivity contribution in [3.8, 4) is 33.4 Å². The summed E-state index contributed by atoms with van der Waals surface area (Å²) in [6, 6.07) is 64.2. The van der Waals surface area contributed by atoms with E-state index in [4.69, 9.17) is 0 Å². The SMILES string of the molecule is C/[CH]=[Zr+2](\[C]1=CC=CC1)[CH]1c2ccccc2-c2ccc3ccccc3c21.[Cl-].[Cl-].c1ccc(-c2ccccc2)cc1.c1ccc(-c2ccccc2)cc1. The molecule has 0 spiro atoms. The standard InChI is InChI=1S/C17H11.2C12H10.C5H5.C2H4.2ClH.Zr/c1-3-7-14-12(5-1)9-10-16-15-8-4-2-6-13(15)11-17(14)16;2*1-3-7-11(8-4-1)12-9-5-2-6-10-12;1-2-4-5-3-1;1-2;;;/h1-11H;2*1-10H;1-3H,4H2;1H,2H3;2*1H;/q;;;;;;;+2/p-2. The number of halogens is 2. The topological polar surface area (TPSA) is 0 Å². The molecule has 250 valence electrons. The second-order valence-electron chi connectivity index (χ2n) is 12.3. The summed E-state index contributed by atoms with van der Waals surface area (Å²) in [5.41, 5.74) is 11.2. The van der Waals surface area contributed by atoms with Gasteiger partial charge in [-0.2, -0.15) is 0 Å². The van der Waals surface area contributed by atoms with Gasteiger partial charge in [-0.15, -0.1) is 0 Å². The Kier molecular flexibility index (Phi) is 13.9. The Morgan fingerprint density at radius 2 is 0.961 bits per heavy atom. The van der Waals surface area contributed by atoms with Gasteiger partial charge in [-0.3, -0.25) is 0 Å². The molecule has 0 heterocycles. The largest absolute Gasteiger partial charge is 1.00 e. The summed E-state index contributed by atoms with van der Waals surface area (Å²) in [4.78, 5) is 0. The Hall–Kier alpha value is -4.39. The molecule has 1 unspecified atom stereocenters. The van der Waals surface area contributed by atoms with Crippen LogP contribution in [-0.2, 0) is 21.3 Å². The Morgan fingerprint density at radius 3 is 1.45 bits per heavy atom. The molecule has 9 rings (SSSR count). The minimum absolute atomic E-state index is 0. The van der Waals surface area contributed by atoms with Gasteiger partial charge in [0, 0.05) is 0 Å². The molecule has 0 nitrogen and oxygen atoms in total. The van der Waals surface area contributed by atoms with Crippen molar-refractivity contribution >= 4 is 14.5 Å². The average molecular weight is 779 g/mol. The average Bonchev–Trinajstić information content (AvgIpc) is 3.85. The molecule has 51 heavy (non-hydrogen) atoms. The van der Waals surface area contributed by atoms with E-state index in [1.54, 1.807) is 14.4 Å². The summed E-state index contributed by atoms with van der Waals surface area (Å²) in [5, 5.41) is 2.82. The molecule has 3 heteroatoms. The minimum Gasteiger partial charge on any atom is -1.00 e. The molecule has 0 fully saturated rings. The summed E-state index contributed by atoms with van der Waals surface area (Å²) in [7, 11) is 0. The van der Waals surface area contributed by atoms with Gasteiger partial charge in [-0.1, -0.05) is 121 Å². The van der Waals surface area contributed by atoms with Gasteiger partial charge in [0.25, 0.3) is 0 Å². The number of benzene rings is 7. The zero-order valence-corrected chi connectivity index (χ0v) is 32.6. The van der Waals surface area contributed by atoms with Crippen LogP contribution in [0.3, 0.4) is 0 Å². The van der Waals surface area contributed by atoms with Crippen molar-refractivity contribution < 1.29 is 46.1 Å². The number of hydrogen-bond donors (Lipinski definition) is 0. The van der Waals surface area contributed by atoms with Crippen molar-refractivity contribution in [3.63, 3.8) is 0 Å². The van der Waals surface area contributed by atoms with Gasteiger partial charge in [0.05, 0.1) is 0 Å². The first-order valence-corrected chi connectivity index (χ1v) is 21.2. The smallest absolute Gasteiger partial charge is 0.0184 e. The number of allylic oxidation sites excluding steroid dienone is 4. The van der Waals surface area contributed by atoms with E-state index in [9.17, 15) is 0 Å². The van der Waals surface area contributed by atoms with Crippen molar-refractivity contribution in [3.05, 3.63) is 215 Å². The summed E-state index contributed by atoms with van der Waals surface area (Å²) >= 11 is -1.92. The summed E-state index contributed by atoms with van der Waals surface area (Å²) in [6.45, 7) is 2.31. The van der Waals surface area contributed by atoms with E-state index < -0.39 is 21.3 Å². The Morgan fingerprint density at radius 1 is 0.490 bits per heavy atom. The van der Waals surface area contributed by atoms with Gasteiger partial charge in [0.15, 0.2) is 0 Å². The Balaban J connectivity index is 0.000000163. The third-order valence-corrected chi connectivity index (χ3v) is 16.6. The third kappa shape index (κ3) is 8.74. The maximum absolute atomic E-state index is 2.60. The van der Waals surface area contributed by atoms with Gasteiger partial charge in [0.1, 0.15) is 0 Å². The van der Waals surface area contributed by atoms with Crippen LogP contribution in [0.5, 0.6) is 0 Å². The van der Waals surface area contributed by atoms with Gasteiger partial charge in [-0.25, -0.2) is 0 Å². The van der Waals surface area contributed by atoms with E-state index in [0.29, 0.717) is 3.63 Å². The molecule has 7 aromatic rings. The molecule has 0 N–H and O–H groups in total. The van der Waals surface area contributed by atoms with E-state index in [-0.39, 0.29) is 24.8 Å². The molecular formula is C48H40Cl2Zr. The van der Waals surface area contributed by atoms with Crippen LogP contribution in [0.25, 0.3) is 44.2 Å². The number of hydrogen-bond acceptors (Lipinski definition) is 0. The molecular weight excluding hydrogens is 739 g/mol. The van der Waals surface area contributed by atoms with Crippen LogP contribution in [0.15, 0.2) is 204 Å². The first-order chi connectivity index (χ1) is 24.3. The molecule has 0 radical (unpaired) electrons. The monoisotopic (exact) mass is 776 g/mol. The molecule has 0 saturated heterocycles. The maximum Gasteiger partial charge on any atom is -0.0184 e. The summed E-state index contributed by atoms with van der Waals surface area (Å²) in [5.74, 6) is 0. The van der Waals surface area contributed by atoms with Crippen molar-refractivity contribution in [1.82, 2.24) is 0 Å². The Bertz CT molecular complexity index is 2090. The van der Waals surface area contributed by atoms with Gasteiger partial charge in [0.2, 0.25) is 0 Å². The maximum atomic E-state index is 2.60. The van der Waals surface area contributed by atoms with Crippen LogP contribution in [0.4, 0.5) is 0 Å². The van der Waals surface area contributed by atoms with E-state index in [2.05, 4.69) is 187 Å². The number of fused-ring (bicyclic) bond motifs is 5. The second-order valence-corrected chi connectivity index (χ2v) is 19.0. The van der Waals surface area contributed by atoms with Gasteiger partial charge in [-0.05, 0) is 22.3 Å². The zero-order chi connectivity index (χ0) is 33.3. The van der Waals surface area contributed by atoms with Crippen molar-refractivity contribution in [2.45, 2.75) is 17.0 Å². The third-order valence-electron chi connectivity index (χ3n) is 9.35. The summed E-state index contributed by atoms with van der Waals surface area (Å²) < 4.78 is 4.93. The molecule has 2 aliphatic carbocycles. The fourth-order valence-electron chi connectivity index (χ4n) is 7.04. The quantitative estimate of drug-likeness (QED) is 0.183. The predicted molar refractivity (Wildman–Crippen MR) is 209 cm³/mol. The van der Waals surface area contributed by atoms with Crippen LogP contribution >= 0.6 is 0 Å². The van der Waals surface area contributed by atoms with Gasteiger partial charge >= 0.3 is 157 Å². The molecule has 0 amide bonds. The molecule has 0 aliphatic heterocycles. The summed E-state index contributed by atoms with van der Waals surface area (Å²) in [6.07, 6.45) is 8.15. The van der Waals surface area contributed by atoms with Crippen LogP contribution in [-0.4, -0.2) is 3.71 Å². The van der Waals surface area contributed by atoms with E-state index in [1.165, 1.54) is 44.2 Å². The van der Waals surface area contributed by atoms with Crippen LogP contribution in [0.2, 0.25) is 0 Å². The van der Waals surface area contributed by atoms with Crippen LogP contribution in [0, 0.1) is 0 Å². The first-order valence-electron chi connectivity index (χ1n) is 17.2. The molecule has 0 saturated carbocycles. The minimum atomic E-state index is -1.92. The van der Waals surface area contributed by atoms with E-state index >= 15 is 0 Å². The fourth-order valence-corrected chi connectivity index (χ4v) is 14.2. The van der Waals surface area contributed by atoms with Crippen LogP contribution < -0.4 is 24.8 Å². The van der Waals surface area contributed by atoms with Crippen molar-refractivity contribution in [1.29, 1.82) is 0 Å².